The summed E-state index contributed by atoms with van der Waals surface area (Å²) in [6.45, 7) is 0. The Morgan fingerprint density at radius 3 is 1.56 bits per heavy atom. The summed E-state index contributed by atoms with van der Waals surface area (Å²) in [5, 5.41) is 19.2. The Morgan fingerprint density at radius 1 is 0.732 bits per heavy atom. The average Bonchev–Trinajstić information content (AvgIpc) is 3.43. The lowest BCUT2D eigenvalue weighted by Gasteiger charge is -1.97. The monoisotopic (exact) mass is 560 g/mol. The molecule has 0 saturated heterocycles. The zero-order valence-corrected chi connectivity index (χ0v) is 24.0. The first-order valence-electron chi connectivity index (χ1n) is 13.9. The molecular formula is C34H40O7. The van der Waals surface area contributed by atoms with Crippen molar-refractivity contribution in [3.05, 3.63) is 48.0 Å². The van der Waals surface area contributed by atoms with Crippen LogP contribution in [0.25, 0.3) is 0 Å². The van der Waals surface area contributed by atoms with Crippen molar-refractivity contribution < 1.29 is 33.7 Å². The van der Waals surface area contributed by atoms with E-state index in [0.29, 0.717) is 11.5 Å². The summed E-state index contributed by atoms with van der Waals surface area (Å²) in [5.74, 6) is 21.5. The number of ether oxygens (including phenoxy) is 2. The Kier molecular flexibility index (Phi) is 20.2. The maximum Gasteiger partial charge on any atom is 0.384 e. The molecule has 0 aliphatic heterocycles. The van der Waals surface area contributed by atoms with Gasteiger partial charge in [0.05, 0.1) is 14.2 Å². The van der Waals surface area contributed by atoms with Crippen molar-refractivity contribution in [2.75, 3.05) is 14.2 Å². The minimum atomic E-state index is -0.959. The van der Waals surface area contributed by atoms with Gasteiger partial charge in [0, 0.05) is 24.7 Å². The number of esters is 2. The van der Waals surface area contributed by atoms with Crippen LogP contribution in [0.15, 0.2) is 40.9 Å². The standard InChI is InChI=1S/C34H40O7/c1-39-33(37)27-23-29(35)19-15-11-7-3-5-9-13-17-21-31-25-26-32(41-31)22-18-14-10-6-4-8-12-16-20-30(36)24-28-34(38)40-2/h15-16,19-20,25-26,29-30,35-36H,3-14H2,1-2H3/b19-15+,20-16+/t29-,30-/m0/s1. The van der Waals surface area contributed by atoms with Crippen molar-refractivity contribution in [1.82, 2.24) is 0 Å². The van der Waals surface area contributed by atoms with Gasteiger partial charge in [0.2, 0.25) is 0 Å². The van der Waals surface area contributed by atoms with Crippen LogP contribution in [0.1, 0.15) is 88.6 Å². The molecule has 0 spiro atoms. The van der Waals surface area contributed by atoms with E-state index in [-0.39, 0.29) is 0 Å². The summed E-state index contributed by atoms with van der Waals surface area (Å²) in [7, 11) is 2.49. The van der Waals surface area contributed by atoms with E-state index >= 15 is 0 Å². The summed E-state index contributed by atoms with van der Waals surface area (Å²) >= 11 is 0. The Bertz CT molecular complexity index is 1130. The second-order valence-corrected chi connectivity index (χ2v) is 8.94. The highest BCUT2D eigenvalue weighted by Gasteiger charge is 1.97. The van der Waals surface area contributed by atoms with Gasteiger partial charge in [0.1, 0.15) is 12.2 Å². The van der Waals surface area contributed by atoms with Crippen molar-refractivity contribution in [1.29, 1.82) is 0 Å². The van der Waals surface area contributed by atoms with Gasteiger partial charge in [-0.25, -0.2) is 9.59 Å². The molecule has 0 aliphatic rings. The molecule has 0 radical (unpaired) electrons. The molecule has 1 aromatic rings. The van der Waals surface area contributed by atoms with Crippen molar-refractivity contribution in [3.63, 3.8) is 0 Å². The van der Waals surface area contributed by atoms with Gasteiger partial charge >= 0.3 is 11.9 Å². The molecule has 218 valence electrons. The predicted octanol–water partition coefficient (Wildman–Crippen LogP) is 4.85. The zero-order chi connectivity index (χ0) is 30.0. The van der Waals surface area contributed by atoms with Crippen molar-refractivity contribution in [3.8, 4) is 47.4 Å². The van der Waals surface area contributed by atoms with E-state index in [0.717, 1.165) is 77.0 Å². The number of unbranched alkanes of at least 4 members (excludes halogenated alkanes) is 10. The molecule has 0 bridgehead atoms. The molecule has 0 aromatic carbocycles. The zero-order valence-electron chi connectivity index (χ0n) is 24.0. The summed E-state index contributed by atoms with van der Waals surface area (Å²) < 4.78 is 14.4. The third-order valence-electron chi connectivity index (χ3n) is 5.53. The maximum absolute atomic E-state index is 10.9. The molecule has 7 heteroatoms. The number of methoxy groups -OCH3 is 2. The van der Waals surface area contributed by atoms with E-state index in [4.69, 9.17) is 4.42 Å². The summed E-state index contributed by atoms with van der Waals surface area (Å²) in [6.07, 6.45) is 16.7. The Morgan fingerprint density at radius 2 is 1.15 bits per heavy atom. The lowest BCUT2D eigenvalue weighted by Crippen LogP contribution is -2.00. The summed E-state index contributed by atoms with van der Waals surface area (Å²) in [4.78, 5) is 21.8. The lowest BCUT2D eigenvalue weighted by molar-refractivity contribution is -0.134. The van der Waals surface area contributed by atoms with Gasteiger partial charge in [-0.3, -0.25) is 0 Å². The molecule has 0 unspecified atom stereocenters. The topological polar surface area (TPSA) is 106 Å². The van der Waals surface area contributed by atoms with Gasteiger partial charge in [0.25, 0.3) is 0 Å². The largest absolute Gasteiger partial charge is 0.459 e. The molecule has 7 nitrogen and oxygen atoms in total. The van der Waals surface area contributed by atoms with E-state index in [1.54, 1.807) is 12.2 Å². The number of aliphatic hydroxyl groups is 2. The normalized spacial score (nSPS) is 11.6. The van der Waals surface area contributed by atoms with Crippen LogP contribution in [0.3, 0.4) is 0 Å². The quantitative estimate of drug-likeness (QED) is 0.110. The van der Waals surface area contributed by atoms with E-state index < -0.39 is 24.1 Å². The molecule has 1 rings (SSSR count). The number of aliphatic hydroxyl groups excluding tert-OH is 2. The molecule has 0 saturated carbocycles. The first kappa shape index (κ1) is 34.9. The van der Waals surface area contributed by atoms with E-state index in [1.165, 1.54) is 14.2 Å². The summed E-state index contributed by atoms with van der Waals surface area (Å²) in [5.41, 5.74) is 0. The number of allylic oxidation sites excluding steroid dienone is 2. The van der Waals surface area contributed by atoms with Gasteiger partial charge in [-0.15, -0.1) is 0 Å². The molecule has 0 fully saturated rings. The Hall–Kier alpha value is -4.14. The molecule has 41 heavy (non-hydrogen) atoms. The van der Waals surface area contributed by atoms with Crippen LogP contribution in [0.5, 0.6) is 0 Å². The third-order valence-corrected chi connectivity index (χ3v) is 5.53. The van der Waals surface area contributed by atoms with Crippen molar-refractivity contribution in [2.24, 2.45) is 0 Å². The predicted molar refractivity (Wildman–Crippen MR) is 158 cm³/mol. The third kappa shape index (κ3) is 20.4. The van der Waals surface area contributed by atoms with Crippen LogP contribution >= 0.6 is 0 Å². The SMILES string of the molecule is COC(=O)C#C[C@@H](O)/C=C/CCCCCCC#Cc1ccc(C#CCCCCCC/C=C/[C@H](O)C#CC(=O)OC)o1. The van der Waals surface area contributed by atoms with Gasteiger partial charge < -0.3 is 24.1 Å². The van der Waals surface area contributed by atoms with Crippen LogP contribution in [0.2, 0.25) is 0 Å². The Balaban J connectivity index is 2.10. The lowest BCUT2D eigenvalue weighted by atomic mass is 10.1. The number of carbonyl (C=O) groups excluding carboxylic acids is 2. The number of hydrogen-bond acceptors (Lipinski definition) is 7. The molecule has 0 amide bonds. The highest BCUT2D eigenvalue weighted by atomic mass is 16.5. The van der Waals surface area contributed by atoms with Crippen molar-refractivity contribution in [2.45, 2.75) is 89.3 Å². The minimum Gasteiger partial charge on any atom is -0.459 e. The van der Waals surface area contributed by atoms with Crippen LogP contribution in [-0.2, 0) is 19.1 Å². The number of rotatable bonds is 14. The number of hydrogen-bond donors (Lipinski definition) is 2. The van der Waals surface area contributed by atoms with E-state index in [9.17, 15) is 19.8 Å². The second kappa shape index (κ2) is 23.7. The first-order valence-corrected chi connectivity index (χ1v) is 13.9. The smallest absolute Gasteiger partial charge is 0.384 e. The van der Waals surface area contributed by atoms with Gasteiger partial charge in [0.15, 0.2) is 11.5 Å². The second-order valence-electron chi connectivity index (χ2n) is 8.94. The van der Waals surface area contributed by atoms with E-state index in [2.05, 4.69) is 56.8 Å². The van der Waals surface area contributed by atoms with Gasteiger partial charge in [-0.1, -0.05) is 61.5 Å². The molecule has 2 N–H and O–H groups in total. The number of carbonyl (C=O) groups is 2. The first-order chi connectivity index (χ1) is 19.9. The van der Waals surface area contributed by atoms with Crippen LogP contribution in [-0.4, -0.2) is 48.6 Å². The average molecular weight is 561 g/mol. The summed E-state index contributed by atoms with van der Waals surface area (Å²) in [6, 6.07) is 3.69. The highest BCUT2D eigenvalue weighted by Crippen LogP contribution is 2.09. The van der Waals surface area contributed by atoms with Gasteiger partial charge in [-0.05, 0) is 74.7 Å². The fourth-order valence-corrected chi connectivity index (χ4v) is 3.34. The molecule has 1 aromatic heterocycles. The van der Waals surface area contributed by atoms with Crippen LogP contribution in [0, 0.1) is 47.4 Å². The van der Waals surface area contributed by atoms with E-state index in [1.807, 2.05) is 24.3 Å². The highest BCUT2D eigenvalue weighted by molar-refractivity contribution is 5.88. The maximum atomic E-state index is 10.9. The van der Waals surface area contributed by atoms with Crippen LogP contribution < -0.4 is 0 Å². The molecule has 0 aliphatic carbocycles. The molecular weight excluding hydrogens is 520 g/mol. The number of furan rings is 1. The Labute approximate surface area is 244 Å². The van der Waals surface area contributed by atoms with Gasteiger partial charge in [-0.2, -0.15) is 0 Å². The molecule has 2 atom stereocenters. The fourth-order valence-electron chi connectivity index (χ4n) is 3.34. The minimum absolute atomic E-state index is 0.628. The molecule has 1 heterocycles. The van der Waals surface area contributed by atoms with Crippen LogP contribution in [0.4, 0.5) is 0 Å². The fraction of sp³-hybridized carbons (Fsp3) is 0.471. The van der Waals surface area contributed by atoms with Crippen molar-refractivity contribution >= 4 is 11.9 Å².